The lowest BCUT2D eigenvalue weighted by atomic mass is 9.88. The van der Waals surface area contributed by atoms with Crippen LogP contribution in [0.2, 0.25) is 0 Å². The summed E-state index contributed by atoms with van der Waals surface area (Å²) in [5.41, 5.74) is 10.9. The van der Waals surface area contributed by atoms with E-state index in [1.165, 1.54) is 0 Å². The zero-order valence-electron chi connectivity index (χ0n) is 28.0. The van der Waals surface area contributed by atoms with Crippen molar-refractivity contribution < 1.29 is 33.3 Å². The maximum absolute atomic E-state index is 13.2. The molecule has 2 heterocycles. The molecule has 14 nitrogen and oxygen atoms in total. The van der Waals surface area contributed by atoms with Gasteiger partial charge >= 0.3 is 0 Å². The van der Waals surface area contributed by atoms with E-state index in [0.717, 1.165) is 51.0 Å². The fourth-order valence-corrected chi connectivity index (χ4v) is 5.25. The largest absolute Gasteiger partial charge is 0.381 e. The number of hydrogen-bond donors (Lipinski definition) is 5. The van der Waals surface area contributed by atoms with Crippen LogP contribution in [0.15, 0.2) is 12.4 Å². The van der Waals surface area contributed by atoms with Gasteiger partial charge in [0.2, 0.25) is 17.7 Å². The number of halogens is 1. The topological polar surface area (TPSA) is 194 Å². The number of aryl methyl sites for hydroxylation is 1. The minimum atomic E-state index is -1.05. The normalized spacial score (nSPS) is 14.9. The Bertz CT molecular complexity index is 995. The highest BCUT2D eigenvalue weighted by atomic mass is 35.5. The Morgan fingerprint density at radius 2 is 1.57 bits per heavy atom. The summed E-state index contributed by atoms with van der Waals surface area (Å²) in [5, 5.41) is 8.73. The lowest BCUT2D eigenvalue weighted by molar-refractivity contribution is -0.138. The number of nitrogen functional groups attached to an aromatic ring is 1. The first-order valence-corrected chi connectivity index (χ1v) is 17.7. The third-order valence-corrected chi connectivity index (χ3v) is 8.22. The Morgan fingerprint density at radius 1 is 0.894 bits per heavy atom. The molecule has 1 aromatic rings. The van der Waals surface area contributed by atoms with Crippen LogP contribution in [0.1, 0.15) is 77.0 Å². The van der Waals surface area contributed by atoms with Crippen molar-refractivity contribution in [1.29, 1.82) is 0 Å². The number of rotatable bonds is 28. The molecule has 0 radical (unpaired) electrons. The summed E-state index contributed by atoms with van der Waals surface area (Å²) in [6.45, 7) is 5.56. The lowest BCUT2D eigenvalue weighted by Gasteiger charge is -2.37. The molecule has 0 unspecified atom stereocenters. The predicted molar refractivity (Wildman–Crippen MR) is 181 cm³/mol. The standard InChI is InChI=1S/C32H58ClN7O7/c33-13-4-1-2-5-19-45-25-26-47-24-16-36-28(41)10-3-6-20-44-21-8-14-37-30(43)32(11-22-46-23-12-32)39-29(42)27(34)9-7-17-40-18-15-38-31(40)35/h15,18,27H,1-14,16-17,19-26,34H2,(H2,35,38)(H,36,41)(H,37,43)(H,39,42)/t27-/m0/s1. The summed E-state index contributed by atoms with van der Waals surface area (Å²) in [7, 11) is 0. The molecule has 1 atom stereocenters. The second-order valence-electron chi connectivity index (χ2n) is 11.8. The molecule has 270 valence electrons. The zero-order valence-corrected chi connectivity index (χ0v) is 28.7. The van der Waals surface area contributed by atoms with Gasteiger partial charge in [0, 0.05) is 90.2 Å². The van der Waals surface area contributed by atoms with Crippen LogP contribution < -0.4 is 27.4 Å². The number of alkyl halides is 1. The first-order valence-electron chi connectivity index (χ1n) is 17.1. The number of carbonyl (C=O) groups excluding carboxylic acids is 3. The van der Waals surface area contributed by atoms with E-state index in [9.17, 15) is 14.4 Å². The predicted octanol–water partition coefficient (Wildman–Crippen LogP) is 1.88. The Hall–Kier alpha value is -2.49. The maximum atomic E-state index is 13.2. The van der Waals surface area contributed by atoms with Crippen LogP contribution in [-0.4, -0.2) is 111 Å². The highest BCUT2D eigenvalue weighted by Crippen LogP contribution is 2.22. The number of hydrogen-bond acceptors (Lipinski definition) is 10. The molecule has 0 bridgehead atoms. The van der Waals surface area contributed by atoms with E-state index in [0.29, 0.717) is 110 Å². The minimum Gasteiger partial charge on any atom is -0.381 e. The highest BCUT2D eigenvalue weighted by Gasteiger charge is 2.42. The van der Waals surface area contributed by atoms with Crippen molar-refractivity contribution in [3.63, 3.8) is 0 Å². The fourth-order valence-electron chi connectivity index (χ4n) is 5.06. The summed E-state index contributed by atoms with van der Waals surface area (Å²) in [6, 6.07) is -0.747. The van der Waals surface area contributed by atoms with Crippen molar-refractivity contribution in [2.24, 2.45) is 5.73 Å². The van der Waals surface area contributed by atoms with Gasteiger partial charge in [-0.3, -0.25) is 14.4 Å². The number of amides is 3. The van der Waals surface area contributed by atoms with Crippen LogP contribution in [0.3, 0.4) is 0 Å². The Morgan fingerprint density at radius 3 is 2.30 bits per heavy atom. The number of nitrogens with one attached hydrogen (secondary N) is 3. The molecule has 3 amide bonds. The third-order valence-electron chi connectivity index (χ3n) is 7.95. The molecule has 0 aliphatic carbocycles. The van der Waals surface area contributed by atoms with Gasteiger partial charge in [-0.15, -0.1) is 11.6 Å². The van der Waals surface area contributed by atoms with E-state index in [-0.39, 0.29) is 17.7 Å². The number of anilines is 1. The van der Waals surface area contributed by atoms with E-state index in [1.807, 2.05) is 0 Å². The van der Waals surface area contributed by atoms with E-state index < -0.39 is 11.6 Å². The minimum absolute atomic E-state index is 0.000680. The molecule has 2 rings (SSSR count). The van der Waals surface area contributed by atoms with Crippen molar-refractivity contribution in [1.82, 2.24) is 25.5 Å². The van der Waals surface area contributed by atoms with Crippen LogP contribution >= 0.6 is 11.6 Å². The van der Waals surface area contributed by atoms with E-state index in [2.05, 4.69) is 20.9 Å². The van der Waals surface area contributed by atoms with Gasteiger partial charge in [0.05, 0.1) is 25.9 Å². The summed E-state index contributed by atoms with van der Waals surface area (Å²) in [5.74, 6) is 0.549. The molecule has 1 aliphatic rings. The number of carbonyl (C=O) groups is 3. The van der Waals surface area contributed by atoms with Crippen LogP contribution in [0, 0.1) is 0 Å². The van der Waals surface area contributed by atoms with Crippen molar-refractivity contribution >= 4 is 35.3 Å². The van der Waals surface area contributed by atoms with Gasteiger partial charge in [0.1, 0.15) is 5.54 Å². The average Bonchev–Trinajstić information content (AvgIpc) is 3.48. The smallest absolute Gasteiger partial charge is 0.245 e. The average molecular weight is 688 g/mol. The van der Waals surface area contributed by atoms with Gasteiger partial charge in [-0.1, -0.05) is 12.8 Å². The molecule has 1 saturated heterocycles. The van der Waals surface area contributed by atoms with Gasteiger partial charge < -0.3 is 50.9 Å². The maximum Gasteiger partial charge on any atom is 0.245 e. The van der Waals surface area contributed by atoms with E-state index >= 15 is 0 Å². The molecule has 47 heavy (non-hydrogen) atoms. The lowest BCUT2D eigenvalue weighted by Crippen LogP contribution is -2.63. The molecule has 1 aromatic heterocycles. The summed E-state index contributed by atoms with van der Waals surface area (Å²) < 4.78 is 23.9. The van der Waals surface area contributed by atoms with Crippen LogP contribution in [0.4, 0.5) is 5.95 Å². The van der Waals surface area contributed by atoms with Gasteiger partial charge in [-0.2, -0.15) is 0 Å². The molecular weight excluding hydrogens is 630 g/mol. The summed E-state index contributed by atoms with van der Waals surface area (Å²) >= 11 is 5.66. The number of nitrogens with zero attached hydrogens (tertiary/aromatic N) is 2. The molecule has 0 spiro atoms. The fraction of sp³-hybridized carbons (Fsp3) is 0.812. The van der Waals surface area contributed by atoms with Gasteiger partial charge in [-0.05, 0) is 44.9 Å². The Labute approximate surface area is 284 Å². The number of imidazole rings is 1. The van der Waals surface area contributed by atoms with Crippen LogP contribution in [0.5, 0.6) is 0 Å². The monoisotopic (exact) mass is 687 g/mol. The molecule has 7 N–H and O–H groups in total. The zero-order chi connectivity index (χ0) is 34.0. The molecule has 0 aromatic carbocycles. The van der Waals surface area contributed by atoms with Gasteiger partial charge in [0.25, 0.3) is 0 Å². The van der Waals surface area contributed by atoms with E-state index in [1.54, 1.807) is 17.0 Å². The third kappa shape index (κ3) is 18.0. The number of nitrogens with two attached hydrogens (primary N) is 2. The van der Waals surface area contributed by atoms with Gasteiger partial charge in [-0.25, -0.2) is 4.98 Å². The quantitative estimate of drug-likeness (QED) is 0.0641. The second-order valence-corrected chi connectivity index (χ2v) is 12.1. The molecule has 1 fully saturated rings. The first kappa shape index (κ1) is 40.7. The SMILES string of the molecule is Nc1nccn1CCC[C@H](N)C(=O)NC1(C(=O)NCCCOCCCCC(=O)NCCOCCOCCCCCCCl)CCOCC1. The summed E-state index contributed by atoms with van der Waals surface area (Å²) in [4.78, 5) is 42.1. The molecule has 1 aliphatic heterocycles. The number of aromatic nitrogens is 2. The van der Waals surface area contributed by atoms with Crippen molar-refractivity contribution in [2.75, 3.05) is 77.6 Å². The molecule has 15 heteroatoms. The van der Waals surface area contributed by atoms with Crippen molar-refractivity contribution in [2.45, 2.75) is 95.2 Å². The molecule has 0 saturated carbocycles. The first-order chi connectivity index (χ1) is 22.9. The van der Waals surface area contributed by atoms with E-state index in [4.69, 9.17) is 42.0 Å². The van der Waals surface area contributed by atoms with Crippen LogP contribution in [0.25, 0.3) is 0 Å². The summed E-state index contributed by atoms with van der Waals surface area (Å²) in [6.07, 6.45) is 12.2. The number of unbranched alkanes of at least 4 members (excludes halogenated alkanes) is 4. The Balaban J connectivity index is 1.47. The van der Waals surface area contributed by atoms with Crippen molar-refractivity contribution in [3.8, 4) is 0 Å². The van der Waals surface area contributed by atoms with Crippen molar-refractivity contribution in [3.05, 3.63) is 12.4 Å². The highest BCUT2D eigenvalue weighted by molar-refractivity contribution is 6.17. The van der Waals surface area contributed by atoms with Gasteiger partial charge in [0.15, 0.2) is 5.95 Å². The second kappa shape index (κ2) is 25.5. The van der Waals surface area contributed by atoms with Crippen LogP contribution in [-0.2, 0) is 39.9 Å². The Kier molecular flexibility index (Phi) is 22.1. The number of ether oxygens (including phenoxy) is 4. The molecular formula is C32H58ClN7O7.